The van der Waals surface area contributed by atoms with Crippen molar-refractivity contribution >= 4 is 46.9 Å². The number of hydrogen-bond donors (Lipinski definition) is 2. The van der Waals surface area contributed by atoms with Gasteiger partial charge in [0.2, 0.25) is 3.79 Å². The average molecular weight is 280 g/mol. The average Bonchev–Trinajstić information content (AvgIpc) is 2.14. The van der Waals surface area contributed by atoms with Crippen LogP contribution in [0.3, 0.4) is 0 Å². The first kappa shape index (κ1) is 14.6. The summed E-state index contributed by atoms with van der Waals surface area (Å²) in [6.45, 7) is 0. The zero-order valence-electron chi connectivity index (χ0n) is 7.71. The summed E-state index contributed by atoms with van der Waals surface area (Å²) >= 11 is 16.0. The van der Waals surface area contributed by atoms with E-state index in [2.05, 4.69) is 9.47 Å². The highest BCUT2D eigenvalue weighted by Gasteiger charge is 2.56. The van der Waals surface area contributed by atoms with Crippen molar-refractivity contribution < 1.29 is 24.2 Å². The van der Waals surface area contributed by atoms with Crippen LogP contribution in [0, 0.1) is 0 Å². The fourth-order valence-electron chi connectivity index (χ4n) is 0.584. The van der Waals surface area contributed by atoms with Crippen molar-refractivity contribution in [1.29, 1.82) is 0 Å². The molecule has 2 N–H and O–H groups in total. The number of methoxy groups -OCH3 is 2. The van der Waals surface area contributed by atoms with Crippen LogP contribution >= 0.6 is 34.8 Å². The van der Waals surface area contributed by atoms with Gasteiger partial charge in [-0.2, -0.15) is 0 Å². The monoisotopic (exact) mass is 279 g/mol. The number of nitrogens with one attached hydrogen (secondary N) is 1. The lowest BCUT2D eigenvalue weighted by Gasteiger charge is -2.31. The number of esters is 1. The van der Waals surface area contributed by atoms with E-state index >= 15 is 0 Å². The summed E-state index contributed by atoms with van der Waals surface area (Å²) in [7, 11) is 1.95. The lowest BCUT2D eigenvalue weighted by atomic mass is 10.2. The number of alkyl halides is 3. The predicted octanol–water partition coefficient (Wildman–Crippen LogP) is 0.574. The molecule has 0 rings (SSSR count). The first-order valence-corrected chi connectivity index (χ1v) is 4.56. The van der Waals surface area contributed by atoms with Gasteiger partial charge >= 0.3 is 12.1 Å². The van der Waals surface area contributed by atoms with Gasteiger partial charge in [-0.05, 0) is 0 Å². The van der Waals surface area contributed by atoms with E-state index in [4.69, 9.17) is 34.8 Å². The van der Waals surface area contributed by atoms with Gasteiger partial charge in [0.1, 0.15) is 0 Å². The van der Waals surface area contributed by atoms with Crippen LogP contribution in [0.1, 0.15) is 0 Å². The minimum atomic E-state index is -2.82. The Bertz CT molecular complexity index is 266. The van der Waals surface area contributed by atoms with Gasteiger partial charge in [-0.25, -0.2) is 9.59 Å². The van der Waals surface area contributed by atoms with E-state index in [1.807, 2.05) is 0 Å². The van der Waals surface area contributed by atoms with Gasteiger partial charge in [-0.15, -0.1) is 0 Å². The molecule has 6 nitrogen and oxygen atoms in total. The molecule has 0 fully saturated rings. The minimum Gasteiger partial charge on any atom is -0.465 e. The molecule has 0 aliphatic carbocycles. The summed E-state index contributed by atoms with van der Waals surface area (Å²) < 4.78 is 5.81. The third kappa shape index (κ3) is 3.27. The quantitative estimate of drug-likeness (QED) is 0.439. The third-order valence-corrected chi connectivity index (χ3v) is 2.18. The molecule has 1 atom stereocenters. The van der Waals surface area contributed by atoms with Crippen molar-refractivity contribution in [3.63, 3.8) is 0 Å². The number of hydrogen-bond acceptors (Lipinski definition) is 5. The molecule has 9 heteroatoms. The molecule has 88 valence electrons. The highest BCUT2D eigenvalue weighted by Crippen LogP contribution is 2.37. The molecule has 0 aromatic carbocycles. The fraction of sp³-hybridized carbons (Fsp3) is 0.667. The first-order valence-electron chi connectivity index (χ1n) is 3.42. The van der Waals surface area contributed by atoms with E-state index in [-0.39, 0.29) is 0 Å². The van der Waals surface area contributed by atoms with Crippen LogP contribution in [0.2, 0.25) is 0 Å². The molecule has 15 heavy (non-hydrogen) atoms. The molecule has 0 spiro atoms. The molecule has 0 heterocycles. The second-order valence-corrected chi connectivity index (χ2v) is 4.60. The van der Waals surface area contributed by atoms with Crippen LogP contribution < -0.4 is 5.32 Å². The Balaban J connectivity index is 5.04. The van der Waals surface area contributed by atoms with Gasteiger partial charge in [0.05, 0.1) is 14.2 Å². The maximum absolute atomic E-state index is 11.1. The number of carbonyl (C=O) groups excluding carboxylic acids is 2. The molecule has 1 unspecified atom stereocenters. The largest absolute Gasteiger partial charge is 0.465 e. The Labute approximate surface area is 100 Å². The van der Waals surface area contributed by atoms with Crippen LogP contribution in [-0.2, 0) is 14.3 Å². The molecule has 1 amide bonds. The summed E-state index contributed by atoms with van der Waals surface area (Å²) in [6, 6.07) is 0. The lowest BCUT2D eigenvalue weighted by molar-refractivity contribution is -0.164. The van der Waals surface area contributed by atoms with Crippen molar-refractivity contribution in [2.75, 3.05) is 14.2 Å². The third-order valence-electron chi connectivity index (χ3n) is 1.36. The number of carbonyl (C=O) groups is 2. The molecule has 0 aliphatic heterocycles. The molecule has 0 bridgehead atoms. The lowest BCUT2D eigenvalue weighted by Crippen LogP contribution is -2.63. The first-order chi connectivity index (χ1) is 6.69. The molecular formula is C6H8Cl3NO5. The summed E-state index contributed by atoms with van der Waals surface area (Å²) in [5.41, 5.74) is -2.82. The molecule has 0 saturated carbocycles. The van der Waals surface area contributed by atoms with Crippen LogP contribution in [0.5, 0.6) is 0 Å². The predicted molar refractivity (Wildman–Crippen MR) is 52.8 cm³/mol. The minimum absolute atomic E-state index is 0.947. The van der Waals surface area contributed by atoms with Crippen molar-refractivity contribution in [3.8, 4) is 0 Å². The molecular weight excluding hydrogens is 272 g/mol. The van der Waals surface area contributed by atoms with Crippen LogP contribution in [0.25, 0.3) is 0 Å². The normalized spacial score (nSPS) is 15.1. The van der Waals surface area contributed by atoms with E-state index in [1.165, 1.54) is 0 Å². The zero-order valence-corrected chi connectivity index (χ0v) is 9.98. The molecule has 0 radical (unpaired) electrons. The number of aliphatic hydroxyl groups is 1. The van der Waals surface area contributed by atoms with E-state index in [0.717, 1.165) is 14.2 Å². The van der Waals surface area contributed by atoms with Gasteiger partial charge in [0.15, 0.2) is 0 Å². The Morgan fingerprint density at radius 3 is 1.93 bits per heavy atom. The maximum Gasteiger partial charge on any atom is 0.409 e. The fourth-order valence-corrected chi connectivity index (χ4v) is 0.957. The summed E-state index contributed by atoms with van der Waals surface area (Å²) in [5.74, 6) is -1.34. The number of ether oxygens (including phenoxy) is 2. The second-order valence-electron chi connectivity index (χ2n) is 2.32. The molecule has 0 aliphatic rings. The molecule has 0 saturated heterocycles. The van der Waals surface area contributed by atoms with E-state index in [0.29, 0.717) is 0 Å². The second kappa shape index (κ2) is 5.07. The SMILES string of the molecule is COC(=O)NC(O)(C(=O)OC)C(Cl)(Cl)Cl. The number of halogens is 3. The Hall–Kier alpha value is -0.430. The number of alkyl carbamates (subject to hydrolysis) is 1. The van der Waals surface area contributed by atoms with Crippen molar-refractivity contribution in [1.82, 2.24) is 5.32 Å². The smallest absolute Gasteiger partial charge is 0.409 e. The highest BCUT2D eigenvalue weighted by atomic mass is 35.6. The van der Waals surface area contributed by atoms with Crippen LogP contribution in [0.4, 0.5) is 4.79 Å². The summed E-state index contributed by atoms with van der Waals surface area (Å²) in [6.07, 6.45) is -1.16. The van der Waals surface area contributed by atoms with Gasteiger partial charge in [-0.1, -0.05) is 34.8 Å². The van der Waals surface area contributed by atoms with Gasteiger partial charge in [-0.3, -0.25) is 5.32 Å². The van der Waals surface area contributed by atoms with Crippen LogP contribution in [0.15, 0.2) is 0 Å². The van der Waals surface area contributed by atoms with Crippen molar-refractivity contribution in [2.45, 2.75) is 9.52 Å². The molecule has 0 aromatic rings. The van der Waals surface area contributed by atoms with E-state index < -0.39 is 21.6 Å². The van der Waals surface area contributed by atoms with Gasteiger partial charge in [0.25, 0.3) is 5.72 Å². The van der Waals surface area contributed by atoms with Crippen molar-refractivity contribution in [2.24, 2.45) is 0 Å². The standard InChI is InChI=1S/C6H8Cl3NO5/c1-14-3(11)5(13,6(7,8)9)10-4(12)15-2/h13H,1-2H3,(H,10,12). The summed E-state index contributed by atoms with van der Waals surface area (Å²) in [4.78, 5) is 22.0. The summed E-state index contributed by atoms with van der Waals surface area (Å²) in [5, 5.41) is 11.3. The number of rotatable bonds is 2. The van der Waals surface area contributed by atoms with E-state index in [1.54, 1.807) is 5.32 Å². The Morgan fingerprint density at radius 1 is 1.20 bits per heavy atom. The number of amides is 1. The topological polar surface area (TPSA) is 84.9 Å². The van der Waals surface area contributed by atoms with Crippen LogP contribution in [-0.4, -0.2) is 40.9 Å². The van der Waals surface area contributed by atoms with Crippen molar-refractivity contribution in [3.05, 3.63) is 0 Å². The van der Waals surface area contributed by atoms with E-state index in [9.17, 15) is 14.7 Å². The molecule has 0 aromatic heterocycles. The van der Waals surface area contributed by atoms with Gasteiger partial charge < -0.3 is 14.6 Å². The van der Waals surface area contributed by atoms with Gasteiger partial charge in [0, 0.05) is 0 Å². The Morgan fingerprint density at radius 2 is 1.67 bits per heavy atom. The highest BCUT2D eigenvalue weighted by molar-refractivity contribution is 6.69. The maximum atomic E-state index is 11.1. The zero-order chi connectivity index (χ0) is 12.3. The Kier molecular flexibility index (Phi) is 4.92.